The lowest BCUT2D eigenvalue weighted by molar-refractivity contribution is -0.129. The van der Waals surface area contributed by atoms with Crippen LogP contribution in [0.2, 0.25) is 0 Å². The molecule has 5 nitrogen and oxygen atoms in total. The van der Waals surface area contributed by atoms with Gasteiger partial charge in [-0.15, -0.1) is 12.4 Å². The summed E-state index contributed by atoms with van der Waals surface area (Å²) in [5.41, 5.74) is 4.95. The number of carboxylic acid groups (broad SMARTS) is 1. The molecular formula is C3H6ClN3O2. The summed E-state index contributed by atoms with van der Waals surface area (Å²) in [7, 11) is 0. The molecule has 0 aromatic rings. The minimum Gasteiger partial charge on any atom is -0.477 e. The summed E-state index contributed by atoms with van der Waals surface area (Å²) in [5.74, 6) is -0.984. The number of nitrogens with zero attached hydrogens (tertiary/aromatic N) is 1. The largest absolute Gasteiger partial charge is 0.477 e. The van der Waals surface area contributed by atoms with Crippen molar-refractivity contribution in [3.8, 4) is 0 Å². The zero-order chi connectivity index (χ0) is 5.98. The third kappa shape index (κ3) is 1.87. The van der Waals surface area contributed by atoms with Gasteiger partial charge in [0.2, 0.25) is 0 Å². The summed E-state index contributed by atoms with van der Waals surface area (Å²) in [5, 5.41) is 11.6. The predicted octanol–water partition coefficient (Wildman–Crippen LogP) is -1.04. The molecule has 9 heavy (non-hydrogen) atoms. The molecule has 6 heteroatoms. The standard InChI is InChI=1S/C3H5N3O2.ClH/c7-3(8)2-1-4-6-5-2;/h4,6H,1H2,(H,7,8);1H. The van der Waals surface area contributed by atoms with Crippen molar-refractivity contribution in [2.45, 2.75) is 0 Å². The fraction of sp³-hybridized carbons (Fsp3) is 0.333. The molecule has 52 valence electrons. The van der Waals surface area contributed by atoms with E-state index in [-0.39, 0.29) is 24.7 Å². The molecule has 0 spiro atoms. The molecule has 3 N–H and O–H groups in total. The highest BCUT2D eigenvalue weighted by atomic mass is 35.5. The number of rotatable bonds is 1. The van der Waals surface area contributed by atoms with E-state index in [4.69, 9.17) is 5.11 Å². The molecule has 1 aliphatic heterocycles. The van der Waals surface area contributed by atoms with Crippen molar-refractivity contribution in [2.24, 2.45) is 5.10 Å². The maximum Gasteiger partial charge on any atom is 0.353 e. The fourth-order valence-corrected chi connectivity index (χ4v) is 0.393. The lowest BCUT2D eigenvalue weighted by atomic mass is 10.4. The Labute approximate surface area is 57.5 Å². The molecule has 0 bridgehead atoms. The first-order valence-corrected chi connectivity index (χ1v) is 2.08. The first kappa shape index (κ1) is 8.19. The Kier molecular flexibility index (Phi) is 2.97. The summed E-state index contributed by atoms with van der Waals surface area (Å²) >= 11 is 0. The average molecular weight is 152 g/mol. The van der Waals surface area contributed by atoms with Crippen LogP contribution in [0.15, 0.2) is 5.10 Å². The van der Waals surface area contributed by atoms with Crippen LogP contribution in [0.3, 0.4) is 0 Å². The van der Waals surface area contributed by atoms with Crippen LogP contribution < -0.4 is 11.0 Å². The van der Waals surface area contributed by atoms with Gasteiger partial charge in [-0.3, -0.25) is 0 Å². The Balaban J connectivity index is 0.000000640. The maximum absolute atomic E-state index is 9.99. The van der Waals surface area contributed by atoms with Crippen molar-refractivity contribution in [2.75, 3.05) is 6.54 Å². The second-order valence-corrected chi connectivity index (χ2v) is 1.33. The van der Waals surface area contributed by atoms with E-state index in [0.29, 0.717) is 0 Å². The number of hydrogen-bond donors (Lipinski definition) is 3. The first-order valence-electron chi connectivity index (χ1n) is 2.08. The monoisotopic (exact) mass is 151 g/mol. The summed E-state index contributed by atoms with van der Waals surface area (Å²) in [6, 6.07) is 0. The predicted molar refractivity (Wildman–Crippen MR) is 33.5 cm³/mol. The number of hydrazine groups is 1. The lowest BCUT2D eigenvalue weighted by Crippen LogP contribution is -2.24. The van der Waals surface area contributed by atoms with Gasteiger partial charge in [-0.25, -0.2) is 15.8 Å². The van der Waals surface area contributed by atoms with Crippen LogP contribution in [0.5, 0.6) is 0 Å². The number of carboxylic acids is 1. The van der Waals surface area contributed by atoms with Crippen LogP contribution in [0.4, 0.5) is 0 Å². The van der Waals surface area contributed by atoms with Gasteiger partial charge in [-0.05, 0) is 0 Å². The third-order valence-electron chi connectivity index (χ3n) is 0.773. The molecule has 0 aromatic carbocycles. The summed E-state index contributed by atoms with van der Waals surface area (Å²) < 4.78 is 0. The Morgan fingerprint density at radius 1 is 1.78 bits per heavy atom. The molecule has 0 aliphatic carbocycles. The van der Waals surface area contributed by atoms with Crippen LogP contribution in [-0.4, -0.2) is 23.3 Å². The van der Waals surface area contributed by atoms with E-state index in [1.165, 1.54) is 0 Å². The van der Waals surface area contributed by atoms with Crippen LogP contribution in [0.1, 0.15) is 0 Å². The second kappa shape index (κ2) is 3.26. The Morgan fingerprint density at radius 3 is 2.67 bits per heavy atom. The van der Waals surface area contributed by atoms with E-state index in [1.807, 2.05) is 0 Å². The molecule has 0 unspecified atom stereocenters. The number of aliphatic carboxylic acids is 1. The lowest BCUT2D eigenvalue weighted by Gasteiger charge is -1.83. The second-order valence-electron chi connectivity index (χ2n) is 1.33. The number of hydrogen-bond acceptors (Lipinski definition) is 4. The van der Waals surface area contributed by atoms with Crippen molar-refractivity contribution in [1.82, 2.24) is 11.0 Å². The van der Waals surface area contributed by atoms with Gasteiger partial charge in [-0.2, -0.15) is 5.10 Å². The van der Waals surface area contributed by atoms with E-state index in [1.54, 1.807) is 0 Å². The van der Waals surface area contributed by atoms with Crippen LogP contribution in [0.25, 0.3) is 0 Å². The molecule has 1 aliphatic rings. The van der Waals surface area contributed by atoms with E-state index in [0.717, 1.165) is 0 Å². The van der Waals surface area contributed by atoms with Crippen molar-refractivity contribution < 1.29 is 9.90 Å². The van der Waals surface area contributed by atoms with E-state index in [9.17, 15) is 4.79 Å². The molecule has 0 atom stereocenters. The van der Waals surface area contributed by atoms with Gasteiger partial charge in [-0.1, -0.05) is 0 Å². The minimum atomic E-state index is -0.984. The highest BCUT2D eigenvalue weighted by Gasteiger charge is 2.11. The van der Waals surface area contributed by atoms with Crippen molar-refractivity contribution >= 4 is 24.1 Å². The Morgan fingerprint density at radius 2 is 2.44 bits per heavy atom. The van der Waals surface area contributed by atoms with Gasteiger partial charge >= 0.3 is 5.97 Å². The van der Waals surface area contributed by atoms with Crippen LogP contribution in [-0.2, 0) is 4.79 Å². The Hall–Kier alpha value is -0.810. The molecule has 0 saturated heterocycles. The SMILES string of the molecule is Cl.O=C(O)C1=NNNC1. The van der Waals surface area contributed by atoms with Crippen molar-refractivity contribution in [3.63, 3.8) is 0 Å². The molecule has 0 aromatic heterocycles. The van der Waals surface area contributed by atoms with Gasteiger partial charge < -0.3 is 5.11 Å². The molecule has 0 amide bonds. The topological polar surface area (TPSA) is 73.7 Å². The summed E-state index contributed by atoms with van der Waals surface area (Å²) in [6.07, 6.45) is 0. The fourth-order valence-electron chi connectivity index (χ4n) is 0.393. The van der Waals surface area contributed by atoms with E-state index in [2.05, 4.69) is 16.1 Å². The zero-order valence-electron chi connectivity index (χ0n) is 4.42. The van der Waals surface area contributed by atoms with E-state index < -0.39 is 5.97 Å². The van der Waals surface area contributed by atoms with Gasteiger partial charge in [0.1, 0.15) is 0 Å². The minimum absolute atomic E-state index is 0. The average Bonchev–Trinajstić information content (AvgIpc) is 2.12. The van der Waals surface area contributed by atoms with Crippen molar-refractivity contribution in [3.05, 3.63) is 0 Å². The summed E-state index contributed by atoms with van der Waals surface area (Å²) in [4.78, 5) is 9.99. The van der Waals surface area contributed by atoms with Gasteiger partial charge in [0.05, 0.1) is 6.54 Å². The van der Waals surface area contributed by atoms with Crippen LogP contribution >= 0.6 is 12.4 Å². The number of carbonyl (C=O) groups is 1. The highest BCUT2D eigenvalue weighted by Crippen LogP contribution is 1.79. The molecule has 1 rings (SSSR count). The molecule has 0 saturated carbocycles. The first-order chi connectivity index (χ1) is 3.80. The number of hydrazone groups is 1. The molecular weight excluding hydrogens is 146 g/mol. The smallest absolute Gasteiger partial charge is 0.353 e. The normalized spacial score (nSPS) is 15.3. The van der Waals surface area contributed by atoms with Gasteiger partial charge in [0, 0.05) is 0 Å². The van der Waals surface area contributed by atoms with Crippen molar-refractivity contribution in [1.29, 1.82) is 0 Å². The van der Waals surface area contributed by atoms with Gasteiger partial charge in [0.15, 0.2) is 5.71 Å². The molecule has 0 radical (unpaired) electrons. The third-order valence-corrected chi connectivity index (χ3v) is 0.773. The quantitative estimate of drug-likeness (QED) is 0.448. The van der Waals surface area contributed by atoms with E-state index >= 15 is 0 Å². The maximum atomic E-state index is 9.99. The summed E-state index contributed by atoms with van der Waals surface area (Å²) in [6.45, 7) is 0.287. The van der Waals surface area contributed by atoms with Crippen LogP contribution in [0, 0.1) is 0 Å². The number of halogens is 1. The zero-order valence-corrected chi connectivity index (χ0v) is 5.23. The number of nitrogens with one attached hydrogen (secondary N) is 2. The molecule has 0 fully saturated rings. The van der Waals surface area contributed by atoms with Gasteiger partial charge in [0.25, 0.3) is 0 Å². The highest BCUT2D eigenvalue weighted by molar-refractivity contribution is 6.36. The Bertz CT molecular complexity index is 146. The molecule has 1 heterocycles.